The molecule has 1 atom stereocenters. The van der Waals surface area contributed by atoms with Crippen molar-refractivity contribution in [1.29, 1.82) is 0 Å². The van der Waals surface area contributed by atoms with E-state index in [0.717, 1.165) is 12.2 Å². The maximum absolute atomic E-state index is 11.5. The number of carbonyl (C=O) groups excluding carboxylic acids is 1. The molecule has 1 saturated heterocycles. The number of aryl methyl sites for hydroxylation is 1. The summed E-state index contributed by atoms with van der Waals surface area (Å²) in [4.78, 5) is 17.9. The van der Waals surface area contributed by atoms with Gasteiger partial charge in [0, 0.05) is 24.0 Å². The van der Waals surface area contributed by atoms with Gasteiger partial charge in [-0.2, -0.15) is 0 Å². The van der Waals surface area contributed by atoms with E-state index >= 15 is 0 Å². The van der Waals surface area contributed by atoms with Crippen molar-refractivity contribution in [2.45, 2.75) is 24.7 Å². The molecule has 0 N–H and O–H groups in total. The third-order valence-corrected chi connectivity index (χ3v) is 3.11. The van der Waals surface area contributed by atoms with E-state index in [2.05, 4.69) is 20.9 Å². The fourth-order valence-corrected chi connectivity index (χ4v) is 2.38. The lowest BCUT2D eigenvalue weighted by atomic mass is 10.2. The van der Waals surface area contributed by atoms with Crippen molar-refractivity contribution in [3.63, 3.8) is 0 Å². The first-order valence-electron chi connectivity index (χ1n) is 4.98. The second-order valence-corrected chi connectivity index (χ2v) is 5.20. The van der Waals surface area contributed by atoms with Crippen LogP contribution < -0.4 is 0 Å². The summed E-state index contributed by atoms with van der Waals surface area (Å²) in [6, 6.07) is 3.98. The van der Waals surface area contributed by atoms with Crippen molar-refractivity contribution in [3.05, 3.63) is 29.6 Å². The number of rotatable bonds is 2. The molecular weight excluding hydrogens is 256 g/mol. The number of nitrogens with zero attached hydrogens (tertiary/aromatic N) is 2. The molecule has 0 radical (unpaired) electrons. The van der Waals surface area contributed by atoms with Gasteiger partial charge in [0.05, 0.1) is 12.2 Å². The smallest absolute Gasteiger partial charge is 0.224 e. The highest BCUT2D eigenvalue weighted by atomic mass is 79.9. The second kappa shape index (κ2) is 4.31. The summed E-state index contributed by atoms with van der Waals surface area (Å²) in [6.07, 6.45) is 2.39. The molecule has 1 aliphatic heterocycles. The third-order valence-electron chi connectivity index (χ3n) is 2.49. The van der Waals surface area contributed by atoms with Crippen LogP contribution in [0.5, 0.6) is 0 Å². The van der Waals surface area contributed by atoms with Crippen LogP contribution in [0.4, 0.5) is 0 Å². The first kappa shape index (κ1) is 10.6. The molecule has 1 fully saturated rings. The average Bonchev–Trinajstić information content (AvgIpc) is 2.45. The van der Waals surface area contributed by atoms with E-state index in [0.29, 0.717) is 17.8 Å². The van der Waals surface area contributed by atoms with Crippen molar-refractivity contribution < 1.29 is 4.79 Å². The first-order chi connectivity index (χ1) is 7.15. The van der Waals surface area contributed by atoms with E-state index in [1.807, 2.05) is 24.0 Å². The maximum Gasteiger partial charge on any atom is 0.224 e. The van der Waals surface area contributed by atoms with Crippen molar-refractivity contribution in [3.8, 4) is 0 Å². The number of alkyl halides is 1. The van der Waals surface area contributed by atoms with Crippen LogP contribution in [0.1, 0.15) is 17.7 Å². The molecule has 0 aliphatic carbocycles. The normalized spacial score (nSPS) is 21.1. The van der Waals surface area contributed by atoms with Gasteiger partial charge >= 0.3 is 0 Å². The predicted molar refractivity (Wildman–Crippen MR) is 61.7 cm³/mol. The molecule has 1 amide bonds. The van der Waals surface area contributed by atoms with E-state index in [1.165, 1.54) is 5.56 Å². The topological polar surface area (TPSA) is 33.2 Å². The van der Waals surface area contributed by atoms with E-state index in [-0.39, 0.29) is 5.91 Å². The number of halogens is 1. The van der Waals surface area contributed by atoms with Crippen LogP contribution in [0.15, 0.2) is 18.3 Å². The molecule has 1 aromatic rings. The van der Waals surface area contributed by atoms with E-state index < -0.39 is 0 Å². The highest BCUT2D eigenvalue weighted by molar-refractivity contribution is 9.09. The lowest BCUT2D eigenvalue weighted by Crippen LogP contribution is -2.25. The van der Waals surface area contributed by atoms with Crippen molar-refractivity contribution in [2.24, 2.45) is 0 Å². The number of likely N-dealkylation sites (tertiary alicyclic amines) is 1. The van der Waals surface area contributed by atoms with Crippen LogP contribution in [0.25, 0.3) is 0 Å². The van der Waals surface area contributed by atoms with Gasteiger partial charge in [-0.15, -0.1) is 0 Å². The minimum Gasteiger partial charge on any atom is -0.336 e. The molecule has 0 spiro atoms. The highest BCUT2D eigenvalue weighted by Crippen LogP contribution is 2.19. The lowest BCUT2D eigenvalue weighted by molar-refractivity contribution is -0.128. The fraction of sp³-hybridized carbons (Fsp3) is 0.455. The number of amides is 1. The molecule has 0 bridgehead atoms. The number of hydrogen-bond acceptors (Lipinski definition) is 2. The molecule has 2 heterocycles. The predicted octanol–water partition coefficient (Wildman–Crippen LogP) is 1.89. The van der Waals surface area contributed by atoms with E-state index in [9.17, 15) is 4.79 Å². The summed E-state index contributed by atoms with van der Waals surface area (Å²) in [6.45, 7) is 3.45. The molecule has 0 aromatic carbocycles. The van der Waals surface area contributed by atoms with E-state index in [4.69, 9.17) is 0 Å². The summed E-state index contributed by atoms with van der Waals surface area (Å²) in [5.41, 5.74) is 2.15. The summed E-state index contributed by atoms with van der Waals surface area (Å²) >= 11 is 3.46. The Balaban J connectivity index is 2.06. The van der Waals surface area contributed by atoms with Crippen LogP contribution in [0.2, 0.25) is 0 Å². The molecular formula is C11H13BrN2O. The molecule has 4 heteroatoms. The van der Waals surface area contributed by atoms with Crippen LogP contribution in [-0.2, 0) is 11.3 Å². The van der Waals surface area contributed by atoms with Gasteiger partial charge in [-0.1, -0.05) is 15.9 Å². The Morgan fingerprint density at radius 1 is 1.67 bits per heavy atom. The largest absolute Gasteiger partial charge is 0.336 e. The molecule has 1 unspecified atom stereocenters. The Morgan fingerprint density at radius 2 is 2.47 bits per heavy atom. The standard InChI is InChI=1S/C11H13BrN2O/c1-8-2-3-13-10(4-8)7-14-6-9(12)5-11(14)15/h2-4,9H,5-7H2,1H3. The molecule has 0 saturated carbocycles. The van der Waals surface area contributed by atoms with Crippen LogP contribution in [0, 0.1) is 6.92 Å². The lowest BCUT2D eigenvalue weighted by Gasteiger charge is -2.15. The minimum absolute atomic E-state index is 0.209. The van der Waals surface area contributed by atoms with Gasteiger partial charge in [0.1, 0.15) is 0 Å². The van der Waals surface area contributed by atoms with Crippen molar-refractivity contribution >= 4 is 21.8 Å². The number of pyridine rings is 1. The molecule has 15 heavy (non-hydrogen) atoms. The summed E-state index contributed by atoms with van der Waals surface area (Å²) in [5, 5.41) is 0. The van der Waals surface area contributed by atoms with Gasteiger partial charge in [0.25, 0.3) is 0 Å². The van der Waals surface area contributed by atoms with Gasteiger partial charge < -0.3 is 4.90 Å². The van der Waals surface area contributed by atoms with Gasteiger partial charge in [0.15, 0.2) is 0 Å². The van der Waals surface area contributed by atoms with Gasteiger partial charge in [-0.05, 0) is 24.6 Å². The zero-order valence-corrected chi connectivity index (χ0v) is 10.2. The number of carbonyl (C=O) groups is 1. The maximum atomic E-state index is 11.5. The Kier molecular flexibility index (Phi) is 3.05. The first-order valence-corrected chi connectivity index (χ1v) is 5.90. The minimum atomic E-state index is 0.209. The molecule has 2 rings (SSSR count). The van der Waals surface area contributed by atoms with Crippen LogP contribution in [0.3, 0.4) is 0 Å². The Bertz CT molecular complexity index is 381. The summed E-state index contributed by atoms with van der Waals surface area (Å²) in [7, 11) is 0. The summed E-state index contributed by atoms with van der Waals surface area (Å²) in [5.74, 6) is 0.209. The van der Waals surface area contributed by atoms with Crippen molar-refractivity contribution in [2.75, 3.05) is 6.54 Å². The Morgan fingerprint density at radius 3 is 3.07 bits per heavy atom. The summed E-state index contributed by atoms with van der Waals surface area (Å²) < 4.78 is 0. The molecule has 80 valence electrons. The van der Waals surface area contributed by atoms with Crippen LogP contribution in [-0.4, -0.2) is 27.2 Å². The number of aromatic nitrogens is 1. The van der Waals surface area contributed by atoms with Gasteiger partial charge in [-0.25, -0.2) is 0 Å². The van der Waals surface area contributed by atoms with Gasteiger partial charge in [-0.3, -0.25) is 9.78 Å². The molecule has 1 aliphatic rings. The highest BCUT2D eigenvalue weighted by Gasteiger charge is 2.27. The Labute approximate surface area is 97.6 Å². The van der Waals surface area contributed by atoms with Crippen molar-refractivity contribution in [1.82, 2.24) is 9.88 Å². The van der Waals surface area contributed by atoms with E-state index in [1.54, 1.807) is 6.20 Å². The van der Waals surface area contributed by atoms with Crippen LogP contribution >= 0.6 is 15.9 Å². The number of hydrogen-bond donors (Lipinski definition) is 0. The molecule has 1 aromatic heterocycles. The third kappa shape index (κ3) is 2.56. The monoisotopic (exact) mass is 268 g/mol. The Hall–Kier alpha value is -0.900. The SMILES string of the molecule is Cc1ccnc(CN2CC(Br)CC2=O)c1. The zero-order valence-electron chi connectivity index (χ0n) is 8.61. The average molecular weight is 269 g/mol. The quantitative estimate of drug-likeness (QED) is 0.768. The van der Waals surface area contributed by atoms with Gasteiger partial charge in [0.2, 0.25) is 5.91 Å². The second-order valence-electron chi connectivity index (χ2n) is 3.90. The fourth-order valence-electron chi connectivity index (χ4n) is 1.76. The molecule has 3 nitrogen and oxygen atoms in total. The zero-order chi connectivity index (χ0) is 10.8.